The van der Waals surface area contributed by atoms with Crippen molar-refractivity contribution in [3.63, 3.8) is 0 Å². The predicted molar refractivity (Wildman–Crippen MR) is 71.5 cm³/mol. The van der Waals surface area contributed by atoms with Crippen LogP contribution in [0.3, 0.4) is 0 Å². The van der Waals surface area contributed by atoms with Gasteiger partial charge in [-0.25, -0.2) is 4.39 Å². The summed E-state index contributed by atoms with van der Waals surface area (Å²) in [4.78, 5) is 12.9. The van der Waals surface area contributed by atoms with Crippen LogP contribution >= 0.6 is 0 Å². The van der Waals surface area contributed by atoms with Crippen LogP contribution in [-0.2, 0) is 4.79 Å². The number of hydrogen-bond donors (Lipinski definition) is 2. The first-order chi connectivity index (χ1) is 8.97. The molecular weight excluding hydrogens is 247 g/mol. The van der Waals surface area contributed by atoms with Crippen LogP contribution in [-0.4, -0.2) is 30.1 Å². The summed E-state index contributed by atoms with van der Waals surface area (Å²) in [6.45, 7) is 4.43. The lowest BCUT2D eigenvalue weighted by atomic mass is 10.1. The topological polar surface area (TPSA) is 52.6 Å². The zero-order valence-electron chi connectivity index (χ0n) is 11.2. The normalized spacial score (nSPS) is 20.4. The van der Waals surface area contributed by atoms with Crippen molar-refractivity contribution in [3.8, 4) is 0 Å². The van der Waals surface area contributed by atoms with E-state index in [1.165, 1.54) is 13.0 Å². The van der Waals surface area contributed by atoms with Crippen molar-refractivity contribution in [1.82, 2.24) is 5.32 Å². The van der Waals surface area contributed by atoms with Crippen LogP contribution in [0.25, 0.3) is 0 Å². The average Bonchev–Trinajstić information content (AvgIpc) is 2.76. The Balaban J connectivity index is 2.09. The number of hydrogen-bond acceptors (Lipinski definition) is 3. The molecule has 1 aliphatic rings. The Hall–Kier alpha value is -1.62. The van der Waals surface area contributed by atoms with Crippen LogP contribution in [0.1, 0.15) is 31.9 Å². The molecule has 1 fully saturated rings. The third kappa shape index (κ3) is 3.23. The van der Waals surface area contributed by atoms with E-state index in [2.05, 4.69) is 5.32 Å². The molecule has 0 spiro atoms. The van der Waals surface area contributed by atoms with Crippen molar-refractivity contribution >= 4 is 11.6 Å². The minimum absolute atomic E-state index is 0.0585. The molecular formula is C14H19FN2O2. The van der Waals surface area contributed by atoms with Gasteiger partial charge in [0.15, 0.2) is 0 Å². The highest BCUT2D eigenvalue weighted by molar-refractivity contribution is 5.73. The molecule has 1 heterocycles. The molecule has 2 N–H and O–H groups in total. The molecule has 0 bridgehead atoms. The Morgan fingerprint density at radius 1 is 1.58 bits per heavy atom. The summed E-state index contributed by atoms with van der Waals surface area (Å²) < 4.78 is 14.0. The van der Waals surface area contributed by atoms with Gasteiger partial charge in [-0.1, -0.05) is 6.07 Å². The van der Waals surface area contributed by atoms with Crippen LogP contribution < -0.4 is 10.2 Å². The Bertz CT molecular complexity index is 477. The van der Waals surface area contributed by atoms with E-state index in [9.17, 15) is 14.3 Å². The minimum atomic E-state index is -0.672. The summed E-state index contributed by atoms with van der Waals surface area (Å²) in [6.07, 6.45) is 0.145. The Morgan fingerprint density at radius 2 is 2.32 bits per heavy atom. The summed E-state index contributed by atoms with van der Waals surface area (Å²) in [5.74, 6) is -0.390. The van der Waals surface area contributed by atoms with Crippen LogP contribution in [0.4, 0.5) is 10.1 Å². The van der Waals surface area contributed by atoms with E-state index in [4.69, 9.17) is 0 Å². The number of nitrogens with one attached hydrogen (secondary N) is 1. The molecule has 2 rings (SSSR count). The molecule has 1 aliphatic heterocycles. The number of amides is 1. The van der Waals surface area contributed by atoms with Crippen LogP contribution in [0.15, 0.2) is 18.2 Å². The zero-order chi connectivity index (χ0) is 14.0. The molecule has 0 saturated carbocycles. The molecule has 0 radical (unpaired) electrons. The number of aliphatic hydroxyl groups excluding tert-OH is 1. The van der Waals surface area contributed by atoms with E-state index in [1.807, 2.05) is 4.90 Å². The molecule has 104 valence electrons. The quantitative estimate of drug-likeness (QED) is 0.873. The van der Waals surface area contributed by atoms with Crippen LogP contribution in [0.5, 0.6) is 0 Å². The maximum absolute atomic E-state index is 14.0. The first kappa shape index (κ1) is 13.8. The first-order valence-corrected chi connectivity index (χ1v) is 6.47. The second-order valence-corrected chi connectivity index (χ2v) is 5.02. The SMILES string of the molecule is CC(=O)NC1CCN(c2ccc([C@@H](C)O)cc2F)C1. The zero-order valence-corrected chi connectivity index (χ0v) is 11.2. The fraction of sp³-hybridized carbons (Fsp3) is 0.500. The van der Waals surface area contributed by atoms with Gasteiger partial charge < -0.3 is 15.3 Å². The van der Waals surface area contributed by atoms with Gasteiger partial charge >= 0.3 is 0 Å². The summed E-state index contributed by atoms with van der Waals surface area (Å²) in [5.41, 5.74) is 1.09. The Kier molecular flexibility index (Phi) is 4.04. The molecule has 2 atom stereocenters. The number of carbonyl (C=O) groups excluding carboxylic acids is 1. The number of carbonyl (C=O) groups is 1. The summed E-state index contributed by atoms with van der Waals surface area (Å²) in [5, 5.41) is 12.3. The highest BCUT2D eigenvalue weighted by atomic mass is 19.1. The Morgan fingerprint density at radius 3 is 2.89 bits per heavy atom. The van der Waals surface area contributed by atoms with Crippen molar-refractivity contribution in [1.29, 1.82) is 0 Å². The first-order valence-electron chi connectivity index (χ1n) is 6.47. The number of anilines is 1. The van der Waals surface area contributed by atoms with Crippen molar-refractivity contribution in [3.05, 3.63) is 29.6 Å². The maximum Gasteiger partial charge on any atom is 0.217 e. The fourth-order valence-electron chi connectivity index (χ4n) is 2.42. The maximum atomic E-state index is 14.0. The second-order valence-electron chi connectivity index (χ2n) is 5.02. The van der Waals surface area contributed by atoms with Crippen LogP contribution in [0.2, 0.25) is 0 Å². The number of nitrogens with zero attached hydrogens (tertiary/aromatic N) is 1. The Labute approximate surface area is 112 Å². The molecule has 1 saturated heterocycles. The molecule has 1 unspecified atom stereocenters. The van der Waals surface area contributed by atoms with Gasteiger partial charge in [0.25, 0.3) is 0 Å². The van der Waals surface area contributed by atoms with E-state index in [0.29, 0.717) is 17.8 Å². The van der Waals surface area contributed by atoms with E-state index in [-0.39, 0.29) is 17.8 Å². The largest absolute Gasteiger partial charge is 0.389 e. The van der Waals surface area contributed by atoms with Crippen molar-refractivity contribution in [2.45, 2.75) is 32.4 Å². The van der Waals surface area contributed by atoms with E-state index >= 15 is 0 Å². The van der Waals surface area contributed by atoms with Gasteiger partial charge in [-0.15, -0.1) is 0 Å². The van der Waals surface area contributed by atoms with Gasteiger partial charge in [-0.3, -0.25) is 4.79 Å². The fourth-order valence-corrected chi connectivity index (χ4v) is 2.42. The molecule has 0 aromatic heterocycles. The number of halogens is 1. The molecule has 0 aliphatic carbocycles. The van der Waals surface area contributed by atoms with Gasteiger partial charge in [-0.05, 0) is 31.0 Å². The number of aliphatic hydroxyl groups is 1. The van der Waals surface area contributed by atoms with Gasteiger partial charge in [-0.2, -0.15) is 0 Å². The molecule has 1 aromatic carbocycles. The molecule has 1 amide bonds. The minimum Gasteiger partial charge on any atom is -0.389 e. The number of rotatable bonds is 3. The van der Waals surface area contributed by atoms with Gasteiger partial charge in [0.2, 0.25) is 5.91 Å². The summed E-state index contributed by atoms with van der Waals surface area (Å²) in [6, 6.07) is 4.86. The lowest BCUT2D eigenvalue weighted by Crippen LogP contribution is -2.35. The molecule has 19 heavy (non-hydrogen) atoms. The monoisotopic (exact) mass is 266 g/mol. The lowest BCUT2D eigenvalue weighted by molar-refractivity contribution is -0.119. The van der Waals surface area contributed by atoms with Gasteiger partial charge in [0, 0.05) is 26.1 Å². The summed E-state index contributed by atoms with van der Waals surface area (Å²) in [7, 11) is 0. The molecule has 4 nitrogen and oxygen atoms in total. The third-order valence-electron chi connectivity index (χ3n) is 3.39. The van der Waals surface area contributed by atoms with E-state index in [0.717, 1.165) is 13.0 Å². The molecule has 1 aromatic rings. The lowest BCUT2D eigenvalue weighted by Gasteiger charge is -2.20. The van der Waals surface area contributed by atoms with E-state index < -0.39 is 6.10 Å². The van der Waals surface area contributed by atoms with Crippen molar-refractivity contribution in [2.75, 3.05) is 18.0 Å². The van der Waals surface area contributed by atoms with Crippen molar-refractivity contribution < 1.29 is 14.3 Å². The second kappa shape index (κ2) is 5.57. The highest BCUT2D eigenvalue weighted by Gasteiger charge is 2.25. The molecule has 5 heteroatoms. The predicted octanol–water partition coefficient (Wildman–Crippen LogP) is 1.59. The number of benzene rings is 1. The third-order valence-corrected chi connectivity index (χ3v) is 3.39. The standard InChI is InChI=1S/C14H19FN2O2/c1-9(18)11-3-4-14(13(15)7-11)17-6-5-12(8-17)16-10(2)19/h3-4,7,9,12,18H,5-6,8H2,1-2H3,(H,16,19)/t9-,12?/m1/s1. The van der Waals surface area contributed by atoms with Gasteiger partial charge in [0.1, 0.15) is 5.82 Å². The van der Waals surface area contributed by atoms with Crippen molar-refractivity contribution in [2.24, 2.45) is 0 Å². The highest BCUT2D eigenvalue weighted by Crippen LogP contribution is 2.26. The summed E-state index contributed by atoms with van der Waals surface area (Å²) >= 11 is 0. The van der Waals surface area contributed by atoms with Crippen LogP contribution in [0, 0.1) is 5.82 Å². The van der Waals surface area contributed by atoms with E-state index in [1.54, 1.807) is 19.1 Å². The average molecular weight is 266 g/mol. The smallest absolute Gasteiger partial charge is 0.217 e. The van der Waals surface area contributed by atoms with Gasteiger partial charge in [0.05, 0.1) is 11.8 Å².